The Morgan fingerprint density at radius 2 is 2.13 bits per heavy atom. The van der Waals surface area contributed by atoms with Crippen molar-refractivity contribution >= 4 is 21.7 Å². The van der Waals surface area contributed by atoms with Crippen LogP contribution < -0.4 is 0 Å². The lowest BCUT2D eigenvalue weighted by atomic mass is 10.1. The molecular formula is C11H6BrFO2. The molecule has 0 bridgehead atoms. The summed E-state index contributed by atoms with van der Waals surface area (Å²) in [4.78, 5) is 11.7. The number of ketones is 1. The summed E-state index contributed by atoms with van der Waals surface area (Å²) in [6, 6.07) is 7.17. The average Bonchev–Trinajstić information content (AvgIpc) is 2.67. The van der Waals surface area contributed by atoms with Gasteiger partial charge in [0.2, 0.25) is 5.78 Å². The molecule has 0 spiro atoms. The van der Waals surface area contributed by atoms with Gasteiger partial charge in [-0.25, -0.2) is 4.39 Å². The van der Waals surface area contributed by atoms with Gasteiger partial charge < -0.3 is 4.42 Å². The number of carbonyl (C=O) groups excluding carboxylic acids is 1. The minimum absolute atomic E-state index is 0.201. The molecule has 4 heteroatoms. The van der Waals surface area contributed by atoms with E-state index in [-0.39, 0.29) is 17.1 Å². The van der Waals surface area contributed by atoms with E-state index < -0.39 is 5.82 Å². The molecule has 2 rings (SSSR count). The van der Waals surface area contributed by atoms with Gasteiger partial charge in [-0.2, -0.15) is 0 Å². The minimum atomic E-state index is -0.459. The van der Waals surface area contributed by atoms with Crippen LogP contribution in [0.3, 0.4) is 0 Å². The van der Waals surface area contributed by atoms with E-state index in [1.54, 1.807) is 18.2 Å². The number of hydrogen-bond acceptors (Lipinski definition) is 2. The third-order valence-corrected chi connectivity index (χ3v) is 2.33. The molecule has 2 nitrogen and oxygen atoms in total. The van der Waals surface area contributed by atoms with Crippen molar-refractivity contribution in [3.63, 3.8) is 0 Å². The predicted octanol–water partition coefficient (Wildman–Crippen LogP) is 3.41. The van der Waals surface area contributed by atoms with E-state index in [2.05, 4.69) is 15.9 Å². The van der Waals surface area contributed by atoms with Crippen LogP contribution >= 0.6 is 15.9 Å². The van der Waals surface area contributed by atoms with Crippen LogP contribution in [-0.2, 0) is 0 Å². The van der Waals surface area contributed by atoms with Crippen LogP contribution in [0.5, 0.6) is 0 Å². The molecule has 1 aromatic heterocycles. The predicted molar refractivity (Wildman–Crippen MR) is 56.2 cm³/mol. The van der Waals surface area contributed by atoms with E-state index in [0.717, 1.165) is 0 Å². The summed E-state index contributed by atoms with van der Waals surface area (Å²) < 4.78 is 18.5. The number of furan rings is 1. The summed E-state index contributed by atoms with van der Waals surface area (Å²) in [5, 5.41) is 0. The Morgan fingerprint density at radius 3 is 2.73 bits per heavy atom. The van der Waals surface area contributed by atoms with Gasteiger partial charge in [-0.05, 0) is 30.3 Å². The zero-order valence-corrected chi connectivity index (χ0v) is 9.12. The summed E-state index contributed by atoms with van der Waals surface area (Å²) in [5.41, 5.74) is 0.261. The largest absolute Gasteiger partial charge is 0.461 e. The van der Waals surface area contributed by atoms with E-state index in [9.17, 15) is 9.18 Å². The fraction of sp³-hybridized carbons (Fsp3) is 0. The fourth-order valence-electron chi connectivity index (χ4n) is 1.23. The molecule has 0 atom stereocenters. The number of benzene rings is 1. The summed E-state index contributed by atoms with van der Waals surface area (Å²) in [6.45, 7) is 0. The van der Waals surface area contributed by atoms with E-state index in [4.69, 9.17) is 4.42 Å². The lowest BCUT2D eigenvalue weighted by Gasteiger charge is -1.99. The Morgan fingerprint density at radius 1 is 1.33 bits per heavy atom. The first-order chi connectivity index (χ1) is 7.16. The average molecular weight is 269 g/mol. The molecule has 0 aliphatic heterocycles. The molecule has 0 radical (unpaired) electrons. The standard InChI is InChI=1S/C11H6BrFO2/c12-8-4-7(5-9(13)6-8)11(14)10-2-1-3-15-10/h1-6H. The molecule has 0 N–H and O–H groups in total. The Kier molecular flexibility index (Phi) is 2.68. The highest BCUT2D eigenvalue weighted by Gasteiger charge is 2.13. The van der Waals surface area contributed by atoms with Crippen molar-refractivity contribution in [3.8, 4) is 0 Å². The van der Waals surface area contributed by atoms with Crippen LogP contribution in [0.2, 0.25) is 0 Å². The van der Waals surface area contributed by atoms with Gasteiger partial charge in [0.15, 0.2) is 5.76 Å². The quantitative estimate of drug-likeness (QED) is 0.782. The molecule has 0 aliphatic rings. The molecule has 15 heavy (non-hydrogen) atoms. The van der Waals surface area contributed by atoms with Crippen LogP contribution in [0, 0.1) is 5.82 Å². The molecular weight excluding hydrogens is 263 g/mol. The van der Waals surface area contributed by atoms with Crippen molar-refractivity contribution < 1.29 is 13.6 Å². The van der Waals surface area contributed by atoms with Crippen molar-refractivity contribution in [2.75, 3.05) is 0 Å². The first-order valence-electron chi connectivity index (χ1n) is 4.21. The van der Waals surface area contributed by atoms with Crippen LogP contribution in [0.1, 0.15) is 16.1 Å². The summed E-state index contributed by atoms with van der Waals surface area (Å²) in [6.07, 6.45) is 1.40. The molecule has 76 valence electrons. The maximum Gasteiger partial charge on any atom is 0.228 e. The van der Waals surface area contributed by atoms with Gasteiger partial charge in [0.05, 0.1) is 6.26 Å². The first-order valence-corrected chi connectivity index (χ1v) is 5.00. The highest BCUT2D eigenvalue weighted by atomic mass is 79.9. The zero-order chi connectivity index (χ0) is 10.8. The molecule has 0 saturated heterocycles. The Labute approximate surface area is 93.8 Å². The molecule has 2 aromatic rings. The van der Waals surface area contributed by atoms with Crippen LogP contribution in [0.15, 0.2) is 45.5 Å². The normalized spacial score (nSPS) is 10.3. The lowest BCUT2D eigenvalue weighted by Crippen LogP contribution is -2.00. The summed E-state index contributed by atoms with van der Waals surface area (Å²) >= 11 is 3.12. The van der Waals surface area contributed by atoms with Crippen molar-refractivity contribution in [2.45, 2.75) is 0 Å². The van der Waals surface area contributed by atoms with Crippen LogP contribution in [0.25, 0.3) is 0 Å². The molecule has 1 aromatic carbocycles. The van der Waals surface area contributed by atoms with Crippen molar-refractivity contribution in [2.24, 2.45) is 0 Å². The Balaban J connectivity index is 2.42. The van der Waals surface area contributed by atoms with Gasteiger partial charge >= 0.3 is 0 Å². The number of halogens is 2. The third kappa shape index (κ3) is 2.15. The number of rotatable bonds is 2. The molecule has 1 heterocycles. The van der Waals surface area contributed by atoms with Crippen LogP contribution in [0.4, 0.5) is 4.39 Å². The first kappa shape index (κ1) is 10.1. The number of carbonyl (C=O) groups is 1. The van der Waals surface area contributed by atoms with Gasteiger partial charge in [-0.1, -0.05) is 15.9 Å². The highest BCUT2D eigenvalue weighted by Crippen LogP contribution is 2.18. The van der Waals surface area contributed by atoms with E-state index in [1.165, 1.54) is 18.4 Å². The zero-order valence-electron chi connectivity index (χ0n) is 7.54. The maximum absolute atomic E-state index is 13.0. The number of hydrogen-bond donors (Lipinski definition) is 0. The molecule has 0 amide bonds. The van der Waals surface area contributed by atoms with E-state index in [1.807, 2.05) is 0 Å². The van der Waals surface area contributed by atoms with Crippen molar-refractivity contribution in [1.82, 2.24) is 0 Å². The highest BCUT2D eigenvalue weighted by molar-refractivity contribution is 9.10. The second-order valence-corrected chi connectivity index (χ2v) is 3.88. The monoisotopic (exact) mass is 268 g/mol. The van der Waals surface area contributed by atoms with Gasteiger partial charge in [0.25, 0.3) is 0 Å². The Bertz CT molecular complexity index is 471. The summed E-state index contributed by atoms with van der Waals surface area (Å²) in [7, 11) is 0. The van der Waals surface area contributed by atoms with Crippen molar-refractivity contribution in [1.29, 1.82) is 0 Å². The van der Waals surface area contributed by atoms with Gasteiger partial charge in [0, 0.05) is 10.0 Å². The second kappa shape index (κ2) is 3.98. The van der Waals surface area contributed by atoms with Crippen LogP contribution in [-0.4, -0.2) is 5.78 Å². The SMILES string of the molecule is O=C(c1cc(F)cc(Br)c1)c1ccco1. The topological polar surface area (TPSA) is 30.2 Å². The molecule has 0 aliphatic carbocycles. The smallest absolute Gasteiger partial charge is 0.228 e. The maximum atomic E-state index is 13.0. The van der Waals surface area contributed by atoms with Gasteiger partial charge in [-0.3, -0.25) is 4.79 Å². The van der Waals surface area contributed by atoms with Crippen molar-refractivity contribution in [3.05, 3.63) is 58.2 Å². The summed E-state index contributed by atoms with van der Waals surface area (Å²) in [5.74, 6) is -0.591. The Hall–Kier alpha value is -1.42. The van der Waals surface area contributed by atoms with E-state index >= 15 is 0 Å². The van der Waals surface area contributed by atoms with Gasteiger partial charge in [-0.15, -0.1) is 0 Å². The minimum Gasteiger partial charge on any atom is -0.461 e. The second-order valence-electron chi connectivity index (χ2n) is 2.96. The fourth-order valence-corrected chi connectivity index (χ4v) is 1.70. The lowest BCUT2D eigenvalue weighted by molar-refractivity contribution is 0.101. The van der Waals surface area contributed by atoms with Gasteiger partial charge in [0.1, 0.15) is 5.82 Å². The molecule has 0 saturated carbocycles. The molecule has 0 fully saturated rings. The molecule has 0 unspecified atom stereocenters. The van der Waals surface area contributed by atoms with E-state index in [0.29, 0.717) is 4.47 Å². The third-order valence-electron chi connectivity index (χ3n) is 1.87.